The maximum absolute atomic E-state index is 12.7. The molecule has 4 unspecified atom stereocenters. The van der Waals surface area contributed by atoms with E-state index in [-0.39, 0.29) is 47.9 Å². The van der Waals surface area contributed by atoms with Crippen LogP contribution in [0.1, 0.15) is 30.1 Å². The zero-order valence-electron chi connectivity index (χ0n) is 15.7. The van der Waals surface area contributed by atoms with E-state index < -0.39 is 5.91 Å². The van der Waals surface area contributed by atoms with Crippen molar-refractivity contribution in [2.75, 3.05) is 18.4 Å². The highest BCUT2D eigenvalue weighted by molar-refractivity contribution is 6.09. The number of nitrogens with zero attached hydrogens (tertiary/aromatic N) is 1. The van der Waals surface area contributed by atoms with Crippen LogP contribution >= 0.6 is 0 Å². The lowest BCUT2D eigenvalue weighted by atomic mass is 9.85. The van der Waals surface area contributed by atoms with Crippen LogP contribution < -0.4 is 10.6 Å². The number of hydrogen-bond donors (Lipinski definition) is 2. The maximum Gasteiger partial charge on any atom is 0.251 e. The summed E-state index contributed by atoms with van der Waals surface area (Å²) in [6.45, 7) is 2.25. The predicted octanol–water partition coefficient (Wildman–Crippen LogP) is 1.57. The van der Waals surface area contributed by atoms with E-state index in [9.17, 15) is 19.2 Å². The Morgan fingerprint density at radius 1 is 1.11 bits per heavy atom. The number of imide groups is 1. The van der Waals surface area contributed by atoms with Crippen LogP contribution in [0, 0.1) is 23.7 Å². The van der Waals surface area contributed by atoms with Crippen molar-refractivity contribution in [2.24, 2.45) is 23.7 Å². The largest absolute Gasteiger partial charge is 0.352 e. The molecule has 3 aliphatic rings. The minimum absolute atomic E-state index is 0.123. The summed E-state index contributed by atoms with van der Waals surface area (Å²) < 4.78 is 0. The second-order valence-corrected chi connectivity index (χ2v) is 7.65. The Labute approximate surface area is 163 Å². The highest BCUT2D eigenvalue weighted by Crippen LogP contribution is 2.52. The highest BCUT2D eigenvalue weighted by atomic mass is 16.2. The number of allylic oxidation sites excluding steroid dienone is 2. The Morgan fingerprint density at radius 3 is 2.43 bits per heavy atom. The van der Waals surface area contributed by atoms with E-state index in [1.54, 1.807) is 24.3 Å². The Hall–Kier alpha value is -2.96. The molecule has 1 aromatic rings. The Morgan fingerprint density at radius 2 is 1.79 bits per heavy atom. The van der Waals surface area contributed by atoms with Gasteiger partial charge in [-0.3, -0.25) is 24.1 Å². The number of carbonyl (C=O) groups excluding carboxylic acids is 4. The average Bonchev–Trinajstić information content (AvgIpc) is 3.36. The van der Waals surface area contributed by atoms with Gasteiger partial charge in [0.25, 0.3) is 5.91 Å². The molecule has 2 N–H and O–H groups in total. The quantitative estimate of drug-likeness (QED) is 0.578. The standard InChI is InChI=1S/C21H23N3O4/c1-2-8-22-19(26)14-4-3-5-15(10-14)23-16(25)11-24-20(27)17-12-6-7-13(9-12)18(17)21(24)28/h3-7,10,12-13,17-18H,2,8-9,11H2,1H3,(H,22,26)(H,23,25). The van der Waals surface area contributed by atoms with E-state index in [2.05, 4.69) is 10.6 Å². The maximum atomic E-state index is 12.7. The van der Waals surface area contributed by atoms with Crippen molar-refractivity contribution in [2.45, 2.75) is 19.8 Å². The summed E-state index contributed by atoms with van der Waals surface area (Å²) in [6, 6.07) is 6.59. The van der Waals surface area contributed by atoms with Gasteiger partial charge in [0.05, 0.1) is 11.8 Å². The summed E-state index contributed by atoms with van der Waals surface area (Å²) in [5, 5.41) is 5.47. The van der Waals surface area contributed by atoms with Gasteiger partial charge in [-0.2, -0.15) is 0 Å². The fourth-order valence-electron chi connectivity index (χ4n) is 4.54. The molecule has 2 bridgehead atoms. The molecule has 28 heavy (non-hydrogen) atoms. The summed E-state index contributed by atoms with van der Waals surface area (Å²) in [5.41, 5.74) is 0.895. The summed E-state index contributed by atoms with van der Waals surface area (Å²) in [6.07, 6.45) is 5.74. The molecular weight excluding hydrogens is 358 g/mol. The average molecular weight is 381 g/mol. The van der Waals surface area contributed by atoms with Gasteiger partial charge in [0.15, 0.2) is 0 Å². The fraction of sp³-hybridized carbons (Fsp3) is 0.429. The van der Waals surface area contributed by atoms with Crippen LogP contribution in [0.25, 0.3) is 0 Å². The topological polar surface area (TPSA) is 95.6 Å². The minimum atomic E-state index is -0.451. The second kappa shape index (κ2) is 7.22. The number of fused-ring (bicyclic) bond motifs is 5. The number of nitrogens with one attached hydrogen (secondary N) is 2. The summed E-state index contributed by atoms with van der Waals surface area (Å²) >= 11 is 0. The first-order chi connectivity index (χ1) is 13.5. The molecule has 0 radical (unpaired) electrons. The van der Waals surface area contributed by atoms with Crippen molar-refractivity contribution in [1.82, 2.24) is 10.2 Å². The molecule has 1 heterocycles. The van der Waals surface area contributed by atoms with Crippen LogP contribution in [0.3, 0.4) is 0 Å². The number of rotatable bonds is 6. The molecule has 0 aromatic heterocycles. The molecule has 4 amide bonds. The number of anilines is 1. The molecule has 1 aliphatic heterocycles. The molecule has 4 atom stereocenters. The number of benzene rings is 1. The zero-order chi connectivity index (χ0) is 19.8. The molecule has 1 saturated heterocycles. The number of likely N-dealkylation sites (tertiary alicyclic amines) is 1. The molecule has 7 nitrogen and oxygen atoms in total. The van der Waals surface area contributed by atoms with Gasteiger partial charge in [0.2, 0.25) is 17.7 Å². The summed E-state index contributed by atoms with van der Waals surface area (Å²) in [5.74, 6) is -1.51. The van der Waals surface area contributed by atoms with Crippen molar-refractivity contribution in [3.63, 3.8) is 0 Å². The number of hydrogen-bond acceptors (Lipinski definition) is 4. The zero-order valence-corrected chi connectivity index (χ0v) is 15.7. The van der Waals surface area contributed by atoms with Gasteiger partial charge in [-0.05, 0) is 42.9 Å². The van der Waals surface area contributed by atoms with Crippen molar-refractivity contribution in [1.29, 1.82) is 0 Å². The van der Waals surface area contributed by atoms with Gasteiger partial charge < -0.3 is 10.6 Å². The van der Waals surface area contributed by atoms with Gasteiger partial charge in [0.1, 0.15) is 6.54 Å². The van der Waals surface area contributed by atoms with Gasteiger partial charge in [-0.1, -0.05) is 25.1 Å². The van der Waals surface area contributed by atoms with Crippen molar-refractivity contribution >= 4 is 29.3 Å². The second-order valence-electron chi connectivity index (χ2n) is 7.65. The van der Waals surface area contributed by atoms with Gasteiger partial charge in [-0.25, -0.2) is 0 Å². The monoisotopic (exact) mass is 381 g/mol. The molecule has 1 saturated carbocycles. The first-order valence-electron chi connectivity index (χ1n) is 9.71. The number of carbonyl (C=O) groups is 4. The van der Waals surface area contributed by atoms with E-state index in [1.807, 2.05) is 19.1 Å². The first kappa shape index (κ1) is 18.4. The molecule has 4 rings (SSSR count). The lowest BCUT2D eigenvalue weighted by molar-refractivity contribution is -0.143. The number of amides is 4. The van der Waals surface area contributed by atoms with Crippen molar-refractivity contribution < 1.29 is 19.2 Å². The van der Waals surface area contributed by atoms with Gasteiger partial charge >= 0.3 is 0 Å². The normalized spacial score (nSPS) is 27.2. The lowest BCUT2D eigenvalue weighted by Gasteiger charge is -2.17. The summed E-state index contributed by atoms with van der Waals surface area (Å²) in [7, 11) is 0. The van der Waals surface area contributed by atoms with Crippen LogP contribution in [-0.2, 0) is 14.4 Å². The molecule has 0 spiro atoms. The lowest BCUT2D eigenvalue weighted by Crippen LogP contribution is -2.39. The third-order valence-electron chi connectivity index (χ3n) is 5.81. The SMILES string of the molecule is CCCNC(=O)c1cccc(NC(=O)CN2C(=O)C3C4C=CC(C4)C3C2=O)c1. The van der Waals surface area contributed by atoms with Gasteiger partial charge in [0, 0.05) is 17.8 Å². The highest BCUT2D eigenvalue weighted by Gasteiger charge is 2.59. The molecule has 2 fully saturated rings. The summed E-state index contributed by atoms with van der Waals surface area (Å²) in [4.78, 5) is 50.9. The van der Waals surface area contributed by atoms with Crippen LogP contribution in [0.5, 0.6) is 0 Å². The smallest absolute Gasteiger partial charge is 0.251 e. The van der Waals surface area contributed by atoms with Crippen LogP contribution in [0.4, 0.5) is 5.69 Å². The van der Waals surface area contributed by atoms with E-state index >= 15 is 0 Å². The van der Waals surface area contributed by atoms with E-state index in [0.29, 0.717) is 17.8 Å². The molecule has 146 valence electrons. The minimum Gasteiger partial charge on any atom is -0.352 e. The molecule has 1 aromatic carbocycles. The van der Waals surface area contributed by atoms with E-state index in [0.717, 1.165) is 17.7 Å². The Balaban J connectivity index is 1.40. The van der Waals surface area contributed by atoms with Crippen molar-refractivity contribution in [3.8, 4) is 0 Å². The van der Waals surface area contributed by atoms with Crippen LogP contribution in [-0.4, -0.2) is 41.6 Å². The fourth-order valence-corrected chi connectivity index (χ4v) is 4.54. The van der Waals surface area contributed by atoms with E-state index in [4.69, 9.17) is 0 Å². The van der Waals surface area contributed by atoms with Gasteiger partial charge in [-0.15, -0.1) is 0 Å². The predicted molar refractivity (Wildman–Crippen MR) is 102 cm³/mol. The van der Waals surface area contributed by atoms with E-state index in [1.165, 1.54) is 0 Å². The Kier molecular flexibility index (Phi) is 4.75. The van der Waals surface area contributed by atoms with Crippen molar-refractivity contribution in [3.05, 3.63) is 42.0 Å². The molecule has 2 aliphatic carbocycles. The third kappa shape index (κ3) is 3.10. The van der Waals surface area contributed by atoms with Crippen LogP contribution in [0.15, 0.2) is 36.4 Å². The molecular formula is C21H23N3O4. The first-order valence-corrected chi connectivity index (χ1v) is 9.71. The molecule has 7 heteroatoms. The third-order valence-corrected chi connectivity index (χ3v) is 5.81. The Bertz CT molecular complexity index is 848. The van der Waals surface area contributed by atoms with Crippen LogP contribution in [0.2, 0.25) is 0 Å².